The van der Waals surface area contributed by atoms with Crippen LogP contribution in [0.3, 0.4) is 0 Å². The van der Waals surface area contributed by atoms with Gasteiger partial charge < -0.3 is 5.32 Å². The number of sulfonamides is 1. The number of amides is 3. The number of halogens is 1. The number of carbonyl (C=O) groups excluding carboxylic acids is 3. The van der Waals surface area contributed by atoms with Crippen LogP contribution >= 0.6 is 0 Å². The molecule has 0 unspecified atom stereocenters. The molecule has 0 bridgehead atoms. The molecule has 0 spiro atoms. The maximum Gasteiger partial charge on any atom is 0.261 e. The molecule has 0 radical (unpaired) electrons. The van der Waals surface area contributed by atoms with Crippen LogP contribution < -0.4 is 10.0 Å². The van der Waals surface area contributed by atoms with Crippen LogP contribution in [-0.4, -0.2) is 44.1 Å². The smallest absolute Gasteiger partial charge is 0.261 e. The van der Waals surface area contributed by atoms with Gasteiger partial charge in [-0.05, 0) is 42.8 Å². The van der Waals surface area contributed by atoms with Crippen LogP contribution in [0, 0.1) is 5.82 Å². The van der Waals surface area contributed by atoms with Gasteiger partial charge in [-0.1, -0.05) is 12.1 Å². The summed E-state index contributed by atoms with van der Waals surface area (Å²) in [7, 11) is -4.01. The first kappa shape index (κ1) is 21.4. The minimum Gasteiger partial charge on any atom is -0.352 e. The number of hydrogen-bond acceptors (Lipinski definition) is 5. The number of benzene rings is 2. The van der Waals surface area contributed by atoms with Crippen molar-refractivity contribution in [1.82, 2.24) is 10.2 Å². The summed E-state index contributed by atoms with van der Waals surface area (Å²) in [6, 6.07) is 10.4. The van der Waals surface area contributed by atoms with Crippen LogP contribution in [0.1, 0.15) is 29.6 Å². The number of rotatable bonds is 8. The lowest BCUT2D eigenvalue weighted by Crippen LogP contribution is -2.33. The summed E-state index contributed by atoms with van der Waals surface area (Å²) in [6.07, 6.45) is 0.812. The van der Waals surface area contributed by atoms with Crippen LogP contribution in [0.4, 0.5) is 10.1 Å². The summed E-state index contributed by atoms with van der Waals surface area (Å²) in [4.78, 5) is 36.7. The summed E-state index contributed by atoms with van der Waals surface area (Å²) >= 11 is 0. The zero-order valence-corrected chi connectivity index (χ0v) is 16.7. The van der Waals surface area contributed by atoms with E-state index in [4.69, 9.17) is 0 Å². The lowest BCUT2D eigenvalue weighted by atomic mass is 10.1. The number of anilines is 1. The molecule has 0 aliphatic carbocycles. The molecule has 2 aromatic carbocycles. The number of likely N-dealkylation sites (tertiary alicyclic amines) is 1. The van der Waals surface area contributed by atoms with Crippen molar-refractivity contribution in [2.75, 3.05) is 17.8 Å². The van der Waals surface area contributed by atoms with Crippen molar-refractivity contribution >= 4 is 33.4 Å². The van der Waals surface area contributed by atoms with E-state index in [1.54, 1.807) is 12.1 Å². The van der Waals surface area contributed by atoms with Crippen molar-refractivity contribution in [2.45, 2.75) is 24.2 Å². The third-order valence-corrected chi connectivity index (χ3v) is 5.92. The molecule has 1 fully saturated rings. The number of hydrogen-bond donors (Lipinski definition) is 2. The number of carbonyl (C=O) groups is 3. The Morgan fingerprint density at radius 1 is 1.00 bits per heavy atom. The molecule has 1 aliphatic heterocycles. The Bertz CT molecular complexity index is 1050. The number of para-hydroxylation sites is 1. The average Bonchev–Trinajstić information content (AvgIpc) is 3.03. The normalized spacial score (nSPS) is 14.1. The fraction of sp³-hybridized carbons (Fsp3) is 0.250. The third kappa shape index (κ3) is 5.01. The highest BCUT2D eigenvalue weighted by atomic mass is 32.2. The Morgan fingerprint density at radius 3 is 2.30 bits per heavy atom. The van der Waals surface area contributed by atoms with E-state index >= 15 is 0 Å². The Labute approximate surface area is 173 Å². The molecule has 30 heavy (non-hydrogen) atoms. The second-order valence-corrected chi connectivity index (χ2v) is 8.34. The molecule has 158 valence electrons. The molecule has 1 heterocycles. The molecule has 10 heteroatoms. The number of imide groups is 1. The molecule has 2 N–H and O–H groups in total. The predicted octanol–water partition coefficient (Wildman–Crippen LogP) is 1.90. The Balaban J connectivity index is 1.63. The van der Waals surface area contributed by atoms with Gasteiger partial charge in [0.1, 0.15) is 5.82 Å². The van der Waals surface area contributed by atoms with Crippen LogP contribution in [-0.2, 0) is 19.6 Å². The van der Waals surface area contributed by atoms with Crippen molar-refractivity contribution in [1.29, 1.82) is 0 Å². The summed E-state index contributed by atoms with van der Waals surface area (Å²) in [6.45, 7) is 0.422. The fourth-order valence-corrected chi connectivity index (χ4v) is 4.07. The summed E-state index contributed by atoms with van der Waals surface area (Å²) in [5, 5.41) is 2.65. The van der Waals surface area contributed by atoms with Gasteiger partial charge in [-0.25, -0.2) is 12.8 Å². The van der Waals surface area contributed by atoms with E-state index in [1.165, 1.54) is 17.0 Å². The first-order chi connectivity index (χ1) is 14.3. The van der Waals surface area contributed by atoms with Crippen molar-refractivity contribution in [3.05, 3.63) is 59.9 Å². The van der Waals surface area contributed by atoms with E-state index in [0.717, 1.165) is 24.3 Å². The Kier molecular flexibility index (Phi) is 6.46. The fourth-order valence-electron chi connectivity index (χ4n) is 2.99. The standard InChI is InChI=1S/C20H20FN3O5S/c21-14-6-8-15(9-7-14)30(28,29)23-17-5-2-1-4-16(17)20(27)22-12-3-13-24-18(25)10-11-19(24)26/h1-2,4-9,23H,3,10-13H2,(H,22,27). The van der Waals surface area contributed by atoms with Gasteiger partial charge in [-0.3, -0.25) is 24.0 Å². The molecule has 3 amide bonds. The second kappa shape index (κ2) is 9.04. The molecule has 2 aromatic rings. The van der Waals surface area contributed by atoms with E-state index in [0.29, 0.717) is 6.42 Å². The van der Waals surface area contributed by atoms with Gasteiger partial charge in [0.2, 0.25) is 11.8 Å². The topological polar surface area (TPSA) is 113 Å². The second-order valence-electron chi connectivity index (χ2n) is 6.65. The average molecular weight is 433 g/mol. The highest BCUT2D eigenvalue weighted by Crippen LogP contribution is 2.20. The van der Waals surface area contributed by atoms with Gasteiger partial charge in [0.05, 0.1) is 16.1 Å². The number of nitrogens with one attached hydrogen (secondary N) is 2. The van der Waals surface area contributed by atoms with E-state index in [2.05, 4.69) is 10.0 Å². The minimum atomic E-state index is -4.01. The maximum absolute atomic E-state index is 13.1. The van der Waals surface area contributed by atoms with Gasteiger partial charge in [0.15, 0.2) is 0 Å². The highest BCUT2D eigenvalue weighted by Gasteiger charge is 2.28. The van der Waals surface area contributed by atoms with Crippen molar-refractivity contribution in [3.8, 4) is 0 Å². The summed E-state index contributed by atoms with van der Waals surface area (Å²) < 4.78 is 40.4. The third-order valence-electron chi connectivity index (χ3n) is 4.54. The molecule has 1 aliphatic rings. The lowest BCUT2D eigenvalue weighted by Gasteiger charge is -2.15. The molecule has 3 rings (SSSR count). The van der Waals surface area contributed by atoms with Crippen LogP contribution in [0.25, 0.3) is 0 Å². The zero-order chi connectivity index (χ0) is 21.7. The molecule has 1 saturated heterocycles. The lowest BCUT2D eigenvalue weighted by molar-refractivity contribution is -0.138. The first-order valence-electron chi connectivity index (χ1n) is 9.27. The van der Waals surface area contributed by atoms with Gasteiger partial charge >= 0.3 is 0 Å². The van der Waals surface area contributed by atoms with Crippen LogP contribution in [0.5, 0.6) is 0 Å². The van der Waals surface area contributed by atoms with E-state index < -0.39 is 21.7 Å². The zero-order valence-electron chi connectivity index (χ0n) is 15.9. The highest BCUT2D eigenvalue weighted by molar-refractivity contribution is 7.92. The van der Waals surface area contributed by atoms with Gasteiger partial charge in [-0.2, -0.15) is 0 Å². The largest absolute Gasteiger partial charge is 0.352 e. The first-order valence-corrected chi connectivity index (χ1v) is 10.7. The van der Waals surface area contributed by atoms with Crippen molar-refractivity contribution in [3.63, 3.8) is 0 Å². The summed E-state index contributed by atoms with van der Waals surface area (Å²) in [5.41, 5.74) is 0.181. The maximum atomic E-state index is 13.1. The molecular formula is C20H20FN3O5S. The molecule has 8 nitrogen and oxygen atoms in total. The quantitative estimate of drug-likeness (QED) is 0.488. The monoisotopic (exact) mass is 433 g/mol. The van der Waals surface area contributed by atoms with Gasteiger partial charge in [-0.15, -0.1) is 0 Å². The molecule has 0 saturated carbocycles. The minimum absolute atomic E-state index is 0.0734. The molecule has 0 aromatic heterocycles. The SMILES string of the molecule is O=C(NCCCN1C(=O)CCC1=O)c1ccccc1NS(=O)(=O)c1ccc(F)cc1. The van der Waals surface area contributed by atoms with Crippen molar-refractivity contribution in [2.24, 2.45) is 0 Å². The molecule has 0 atom stereocenters. The summed E-state index contributed by atoms with van der Waals surface area (Å²) in [5.74, 6) is -1.50. The molecular weight excluding hydrogens is 413 g/mol. The van der Waals surface area contributed by atoms with Crippen LogP contribution in [0.15, 0.2) is 53.4 Å². The Morgan fingerprint density at radius 2 is 1.63 bits per heavy atom. The number of nitrogens with zero attached hydrogens (tertiary/aromatic N) is 1. The van der Waals surface area contributed by atoms with E-state index in [-0.39, 0.29) is 53.9 Å². The predicted molar refractivity (Wildman–Crippen MR) is 107 cm³/mol. The van der Waals surface area contributed by atoms with Crippen molar-refractivity contribution < 1.29 is 27.2 Å². The Hall–Kier alpha value is -3.27. The van der Waals surface area contributed by atoms with Crippen LogP contribution in [0.2, 0.25) is 0 Å². The van der Waals surface area contributed by atoms with E-state index in [9.17, 15) is 27.2 Å². The van der Waals surface area contributed by atoms with Gasteiger partial charge in [0, 0.05) is 25.9 Å². The van der Waals surface area contributed by atoms with Gasteiger partial charge in [0.25, 0.3) is 15.9 Å². The van der Waals surface area contributed by atoms with E-state index in [1.807, 2.05) is 0 Å².